The molecule has 0 fully saturated rings. The Hall–Kier alpha value is -2.70. The summed E-state index contributed by atoms with van der Waals surface area (Å²) in [6, 6.07) is 4.59. The maximum Gasteiger partial charge on any atom is 0.240 e. The SMILES string of the molecule is COc1cc(OC)n2c(C)c(-c3ccc(F)cn3)nc2n1. The first-order valence-electron chi connectivity index (χ1n) is 6.24. The average Bonchev–Trinajstić information content (AvgIpc) is 2.84. The summed E-state index contributed by atoms with van der Waals surface area (Å²) in [7, 11) is 3.08. The molecule has 108 valence electrons. The Morgan fingerprint density at radius 1 is 1.14 bits per heavy atom. The molecule has 0 amide bonds. The maximum atomic E-state index is 13.0. The molecule has 0 aromatic carbocycles. The Kier molecular flexibility index (Phi) is 3.17. The second kappa shape index (κ2) is 5.01. The molecule has 0 N–H and O–H groups in total. The Bertz CT molecular complexity index is 799. The highest BCUT2D eigenvalue weighted by Gasteiger charge is 2.17. The lowest BCUT2D eigenvalue weighted by atomic mass is 10.2. The van der Waals surface area contributed by atoms with Gasteiger partial charge in [0, 0.05) is 0 Å². The van der Waals surface area contributed by atoms with Crippen LogP contribution in [0.15, 0.2) is 24.4 Å². The summed E-state index contributed by atoms with van der Waals surface area (Å²) in [5, 5.41) is 0. The van der Waals surface area contributed by atoms with Crippen molar-refractivity contribution in [3.8, 4) is 23.1 Å². The molecule has 0 atom stereocenters. The Morgan fingerprint density at radius 3 is 2.57 bits per heavy atom. The molecule has 6 nitrogen and oxygen atoms in total. The van der Waals surface area contributed by atoms with Gasteiger partial charge < -0.3 is 9.47 Å². The van der Waals surface area contributed by atoms with Crippen LogP contribution in [-0.2, 0) is 0 Å². The van der Waals surface area contributed by atoms with E-state index in [1.54, 1.807) is 23.6 Å². The third-order valence-electron chi connectivity index (χ3n) is 3.16. The van der Waals surface area contributed by atoms with Crippen molar-refractivity contribution < 1.29 is 13.9 Å². The first kappa shape index (κ1) is 13.3. The van der Waals surface area contributed by atoms with Gasteiger partial charge in [-0.05, 0) is 19.1 Å². The summed E-state index contributed by atoms with van der Waals surface area (Å²) in [6.45, 7) is 1.87. The second-order valence-electron chi connectivity index (χ2n) is 4.38. The lowest BCUT2D eigenvalue weighted by molar-refractivity contribution is 0.369. The van der Waals surface area contributed by atoms with Crippen molar-refractivity contribution in [2.24, 2.45) is 0 Å². The highest BCUT2D eigenvalue weighted by molar-refractivity contribution is 5.62. The molecule has 3 aromatic rings. The van der Waals surface area contributed by atoms with Crippen molar-refractivity contribution in [2.45, 2.75) is 6.92 Å². The highest BCUT2D eigenvalue weighted by Crippen LogP contribution is 2.27. The first-order valence-corrected chi connectivity index (χ1v) is 6.24. The van der Waals surface area contributed by atoms with Crippen molar-refractivity contribution in [1.29, 1.82) is 0 Å². The number of nitrogens with zero attached hydrogens (tertiary/aromatic N) is 4. The van der Waals surface area contributed by atoms with Crippen molar-refractivity contribution in [2.75, 3.05) is 14.2 Å². The van der Waals surface area contributed by atoms with Crippen LogP contribution in [0, 0.1) is 12.7 Å². The zero-order chi connectivity index (χ0) is 15.0. The number of hydrogen-bond donors (Lipinski definition) is 0. The number of methoxy groups -OCH3 is 2. The molecule has 3 aromatic heterocycles. The van der Waals surface area contributed by atoms with Gasteiger partial charge >= 0.3 is 0 Å². The van der Waals surface area contributed by atoms with Crippen LogP contribution in [-0.4, -0.2) is 33.6 Å². The largest absolute Gasteiger partial charge is 0.482 e. The van der Waals surface area contributed by atoms with Gasteiger partial charge in [0.2, 0.25) is 17.5 Å². The van der Waals surface area contributed by atoms with Gasteiger partial charge in [-0.1, -0.05) is 0 Å². The van der Waals surface area contributed by atoms with Gasteiger partial charge in [-0.15, -0.1) is 0 Å². The third-order valence-corrected chi connectivity index (χ3v) is 3.16. The summed E-state index contributed by atoms with van der Waals surface area (Å²) in [5.41, 5.74) is 1.99. The molecular weight excluding hydrogens is 275 g/mol. The Morgan fingerprint density at radius 2 is 1.95 bits per heavy atom. The van der Waals surface area contributed by atoms with E-state index in [4.69, 9.17) is 9.47 Å². The minimum absolute atomic E-state index is 0.391. The van der Waals surface area contributed by atoms with Crippen molar-refractivity contribution in [1.82, 2.24) is 19.4 Å². The number of imidazole rings is 1. The number of aryl methyl sites for hydroxylation is 1. The number of ether oxygens (including phenoxy) is 2. The van der Waals surface area contributed by atoms with Crippen LogP contribution < -0.4 is 9.47 Å². The molecule has 0 aliphatic heterocycles. The van der Waals surface area contributed by atoms with Crippen LogP contribution in [0.2, 0.25) is 0 Å². The molecule has 0 unspecified atom stereocenters. The van der Waals surface area contributed by atoms with Crippen LogP contribution >= 0.6 is 0 Å². The van der Waals surface area contributed by atoms with Crippen LogP contribution in [0.5, 0.6) is 11.8 Å². The van der Waals surface area contributed by atoms with E-state index in [-0.39, 0.29) is 0 Å². The molecule has 0 aliphatic carbocycles. The molecular formula is C14H13FN4O2. The van der Waals surface area contributed by atoms with Crippen molar-refractivity contribution in [3.63, 3.8) is 0 Å². The molecule has 0 saturated carbocycles. The topological polar surface area (TPSA) is 61.5 Å². The fourth-order valence-electron chi connectivity index (χ4n) is 2.14. The van der Waals surface area contributed by atoms with Gasteiger partial charge in [0.1, 0.15) is 11.5 Å². The van der Waals surface area contributed by atoms with Gasteiger partial charge in [0.25, 0.3) is 0 Å². The van der Waals surface area contributed by atoms with E-state index in [9.17, 15) is 4.39 Å². The lowest BCUT2D eigenvalue weighted by Crippen LogP contribution is -1.99. The summed E-state index contributed by atoms with van der Waals surface area (Å²) < 4.78 is 25.2. The summed E-state index contributed by atoms with van der Waals surface area (Å²) in [6.07, 6.45) is 1.16. The van der Waals surface area contributed by atoms with Gasteiger partial charge in [-0.2, -0.15) is 4.98 Å². The van der Waals surface area contributed by atoms with Crippen LogP contribution in [0.25, 0.3) is 17.2 Å². The summed E-state index contributed by atoms with van der Waals surface area (Å²) >= 11 is 0. The third kappa shape index (κ3) is 2.16. The maximum absolute atomic E-state index is 13.0. The highest BCUT2D eigenvalue weighted by atomic mass is 19.1. The normalized spacial score (nSPS) is 10.9. The van der Waals surface area contributed by atoms with E-state index in [1.807, 2.05) is 6.92 Å². The molecule has 0 bridgehead atoms. The molecule has 3 heterocycles. The molecule has 21 heavy (non-hydrogen) atoms. The Labute approximate surface area is 120 Å². The first-order chi connectivity index (χ1) is 10.1. The predicted octanol–water partition coefficient (Wildman–Crippen LogP) is 2.26. The smallest absolute Gasteiger partial charge is 0.240 e. The quantitative estimate of drug-likeness (QED) is 0.739. The average molecular weight is 288 g/mol. The van der Waals surface area contributed by atoms with E-state index in [0.29, 0.717) is 28.9 Å². The van der Waals surface area contributed by atoms with Crippen LogP contribution in [0.3, 0.4) is 0 Å². The molecule has 0 spiro atoms. The van der Waals surface area contributed by atoms with Gasteiger partial charge in [-0.25, -0.2) is 9.37 Å². The Balaban J connectivity index is 2.26. The van der Waals surface area contributed by atoms with E-state index in [2.05, 4.69) is 15.0 Å². The van der Waals surface area contributed by atoms with Gasteiger partial charge in [-0.3, -0.25) is 9.38 Å². The van der Waals surface area contributed by atoms with E-state index < -0.39 is 5.82 Å². The van der Waals surface area contributed by atoms with Crippen molar-refractivity contribution >= 4 is 5.78 Å². The summed E-state index contributed by atoms with van der Waals surface area (Å²) in [4.78, 5) is 12.8. The fraction of sp³-hybridized carbons (Fsp3) is 0.214. The molecule has 0 saturated heterocycles. The summed E-state index contributed by atoms with van der Waals surface area (Å²) in [5.74, 6) is 1.00. The molecule has 0 radical (unpaired) electrons. The standard InChI is InChI=1S/C14H13FN4O2/c1-8-13(10-5-4-9(15)7-16-10)18-14-17-11(20-2)6-12(21-3)19(8)14/h4-7H,1-3H3. The monoisotopic (exact) mass is 288 g/mol. The van der Waals surface area contributed by atoms with Crippen LogP contribution in [0.4, 0.5) is 4.39 Å². The lowest BCUT2D eigenvalue weighted by Gasteiger charge is -2.07. The molecule has 0 aliphatic rings. The van der Waals surface area contributed by atoms with E-state index in [1.165, 1.54) is 13.2 Å². The van der Waals surface area contributed by atoms with Gasteiger partial charge in [0.05, 0.1) is 37.9 Å². The zero-order valence-corrected chi connectivity index (χ0v) is 11.8. The number of hydrogen-bond acceptors (Lipinski definition) is 5. The second-order valence-corrected chi connectivity index (χ2v) is 4.38. The molecule has 3 rings (SSSR count). The minimum atomic E-state index is -0.391. The minimum Gasteiger partial charge on any atom is -0.482 e. The fourth-order valence-corrected chi connectivity index (χ4v) is 2.14. The number of pyridine rings is 1. The van der Waals surface area contributed by atoms with Crippen LogP contribution in [0.1, 0.15) is 5.69 Å². The van der Waals surface area contributed by atoms with E-state index >= 15 is 0 Å². The number of fused-ring (bicyclic) bond motifs is 1. The number of rotatable bonds is 3. The predicted molar refractivity (Wildman–Crippen MR) is 74.0 cm³/mol. The van der Waals surface area contributed by atoms with Gasteiger partial charge in [0.15, 0.2) is 0 Å². The van der Waals surface area contributed by atoms with E-state index in [0.717, 1.165) is 11.9 Å². The number of aromatic nitrogens is 4. The number of halogens is 1. The van der Waals surface area contributed by atoms with Crippen molar-refractivity contribution in [3.05, 3.63) is 35.9 Å². The molecule has 7 heteroatoms. The zero-order valence-electron chi connectivity index (χ0n) is 11.8.